The first kappa shape index (κ1) is 19.2. The number of rotatable bonds is 9. The fraction of sp³-hybridized carbons (Fsp3) is 0.556. The number of carbonyl (C=O) groups excluding carboxylic acids is 2. The van der Waals surface area contributed by atoms with E-state index in [1.165, 1.54) is 0 Å². The summed E-state index contributed by atoms with van der Waals surface area (Å²) in [6, 6.07) is 5.61. The van der Waals surface area contributed by atoms with E-state index in [1.54, 1.807) is 6.07 Å². The molecule has 23 heavy (non-hydrogen) atoms. The van der Waals surface area contributed by atoms with Crippen LogP contribution in [0, 0.1) is 19.8 Å². The predicted molar refractivity (Wildman–Crippen MR) is 87.4 cm³/mol. The smallest absolute Gasteiger partial charge is 0.337 e. The molecule has 128 valence electrons. The van der Waals surface area contributed by atoms with E-state index in [1.807, 2.05) is 26.0 Å². The van der Waals surface area contributed by atoms with Crippen LogP contribution >= 0.6 is 0 Å². The first-order chi connectivity index (χ1) is 10.9. The maximum atomic E-state index is 11.7. The molecule has 0 N–H and O–H groups in total. The molecule has 0 aliphatic rings. The van der Waals surface area contributed by atoms with Gasteiger partial charge in [0.1, 0.15) is 19.0 Å². The second-order valence-electron chi connectivity index (χ2n) is 5.99. The number of carbonyl (C=O) groups is 2. The molecule has 0 saturated carbocycles. The van der Waals surface area contributed by atoms with Crippen LogP contribution in [0.4, 0.5) is 0 Å². The SMILES string of the molecule is Cc1ccc(C)c(OC(=O)COCC(=O)OCCCC(C)C)c1. The Hall–Kier alpha value is -1.88. The number of benzene rings is 1. The number of hydrogen-bond donors (Lipinski definition) is 0. The van der Waals surface area contributed by atoms with Crippen LogP contribution in [0.5, 0.6) is 5.75 Å². The summed E-state index contributed by atoms with van der Waals surface area (Å²) in [4.78, 5) is 23.1. The highest BCUT2D eigenvalue weighted by Crippen LogP contribution is 2.19. The third-order valence-electron chi connectivity index (χ3n) is 3.20. The van der Waals surface area contributed by atoms with Crippen molar-refractivity contribution in [3.05, 3.63) is 29.3 Å². The Morgan fingerprint density at radius 3 is 2.48 bits per heavy atom. The van der Waals surface area contributed by atoms with Crippen molar-refractivity contribution in [3.8, 4) is 5.75 Å². The second-order valence-corrected chi connectivity index (χ2v) is 5.99. The average Bonchev–Trinajstić information content (AvgIpc) is 2.47. The molecule has 0 amide bonds. The fourth-order valence-corrected chi connectivity index (χ4v) is 1.91. The number of ether oxygens (including phenoxy) is 3. The Morgan fingerprint density at radius 2 is 1.78 bits per heavy atom. The van der Waals surface area contributed by atoms with Crippen LogP contribution < -0.4 is 4.74 Å². The molecule has 0 radical (unpaired) electrons. The quantitative estimate of drug-likeness (QED) is 0.397. The zero-order valence-electron chi connectivity index (χ0n) is 14.4. The van der Waals surface area contributed by atoms with Gasteiger partial charge in [0.05, 0.1) is 6.61 Å². The highest BCUT2D eigenvalue weighted by molar-refractivity contribution is 5.75. The van der Waals surface area contributed by atoms with E-state index < -0.39 is 11.9 Å². The van der Waals surface area contributed by atoms with Gasteiger partial charge in [0.25, 0.3) is 0 Å². The van der Waals surface area contributed by atoms with Gasteiger partial charge in [-0.25, -0.2) is 9.59 Å². The molecule has 0 bridgehead atoms. The van der Waals surface area contributed by atoms with Gasteiger partial charge < -0.3 is 14.2 Å². The molecule has 5 nitrogen and oxygen atoms in total. The van der Waals surface area contributed by atoms with Crippen LogP contribution in [0.1, 0.15) is 37.8 Å². The van der Waals surface area contributed by atoms with Crippen molar-refractivity contribution in [3.63, 3.8) is 0 Å². The van der Waals surface area contributed by atoms with E-state index >= 15 is 0 Å². The van der Waals surface area contributed by atoms with Gasteiger partial charge in [-0.1, -0.05) is 26.0 Å². The molecule has 0 spiro atoms. The zero-order valence-corrected chi connectivity index (χ0v) is 14.4. The highest BCUT2D eigenvalue weighted by Gasteiger charge is 2.10. The summed E-state index contributed by atoms with van der Waals surface area (Å²) in [6.07, 6.45) is 1.84. The van der Waals surface area contributed by atoms with Gasteiger partial charge in [0.15, 0.2) is 0 Å². The van der Waals surface area contributed by atoms with Crippen LogP contribution in [-0.2, 0) is 19.1 Å². The number of hydrogen-bond acceptors (Lipinski definition) is 5. The molecule has 0 aromatic heterocycles. The lowest BCUT2D eigenvalue weighted by molar-refractivity contribution is -0.152. The van der Waals surface area contributed by atoms with Crippen molar-refractivity contribution in [1.29, 1.82) is 0 Å². The minimum Gasteiger partial charge on any atom is -0.464 e. The molecular formula is C18H26O5. The van der Waals surface area contributed by atoms with E-state index in [9.17, 15) is 9.59 Å². The predicted octanol–water partition coefficient (Wildman–Crippen LogP) is 3.20. The van der Waals surface area contributed by atoms with Gasteiger partial charge in [-0.15, -0.1) is 0 Å². The van der Waals surface area contributed by atoms with E-state index in [0.717, 1.165) is 24.0 Å². The van der Waals surface area contributed by atoms with Gasteiger partial charge in [-0.3, -0.25) is 0 Å². The average molecular weight is 322 g/mol. The van der Waals surface area contributed by atoms with Crippen molar-refractivity contribution < 1.29 is 23.8 Å². The molecule has 5 heteroatoms. The van der Waals surface area contributed by atoms with Crippen molar-refractivity contribution in [2.75, 3.05) is 19.8 Å². The Morgan fingerprint density at radius 1 is 1.09 bits per heavy atom. The van der Waals surface area contributed by atoms with Gasteiger partial charge >= 0.3 is 11.9 Å². The van der Waals surface area contributed by atoms with Crippen molar-refractivity contribution in [2.24, 2.45) is 5.92 Å². The molecule has 1 aromatic carbocycles. The molecule has 0 saturated heterocycles. The Bertz CT molecular complexity index is 522. The summed E-state index contributed by atoms with van der Waals surface area (Å²) in [5.41, 5.74) is 1.87. The summed E-state index contributed by atoms with van der Waals surface area (Å²) in [5, 5.41) is 0. The minimum atomic E-state index is -0.536. The molecule has 0 fully saturated rings. The highest BCUT2D eigenvalue weighted by atomic mass is 16.6. The zero-order chi connectivity index (χ0) is 17.2. The normalized spacial score (nSPS) is 10.7. The molecule has 1 aromatic rings. The van der Waals surface area contributed by atoms with Crippen molar-refractivity contribution in [1.82, 2.24) is 0 Å². The monoisotopic (exact) mass is 322 g/mol. The first-order valence-corrected chi connectivity index (χ1v) is 7.89. The fourth-order valence-electron chi connectivity index (χ4n) is 1.91. The van der Waals surface area contributed by atoms with E-state index in [4.69, 9.17) is 14.2 Å². The summed E-state index contributed by atoms with van der Waals surface area (Å²) in [7, 11) is 0. The van der Waals surface area contributed by atoms with Crippen LogP contribution in [0.2, 0.25) is 0 Å². The molecule has 0 heterocycles. The number of aryl methyl sites for hydroxylation is 2. The molecule has 1 rings (SSSR count). The van der Waals surface area contributed by atoms with Gasteiger partial charge in [0.2, 0.25) is 0 Å². The van der Waals surface area contributed by atoms with Gasteiger partial charge in [0, 0.05) is 0 Å². The Labute approximate surface area is 137 Å². The van der Waals surface area contributed by atoms with Crippen LogP contribution in [0.25, 0.3) is 0 Å². The van der Waals surface area contributed by atoms with Crippen LogP contribution in [-0.4, -0.2) is 31.8 Å². The van der Waals surface area contributed by atoms with Gasteiger partial charge in [-0.05, 0) is 49.8 Å². The minimum absolute atomic E-state index is 0.246. The molecule has 0 aliphatic carbocycles. The van der Waals surface area contributed by atoms with E-state index in [2.05, 4.69) is 13.8 Å². The van der Waals surface area contributed by atoms with Crippen LogP contribution in [0.15, 0.2) is 18.2 Å². The summed E-state index contributed by atoms with van der Waals surface area (Å²) >= 11 is 0. The second kappa shape index (κ2) is 10.0. The maximum absolute atomic E-state index is 11.7. The first-order valence-electron chi connectivity index (χ1n) is 7.89. The molecule has 0 atom stereocenters. The van der Waals surface area contributed by atoms with Crippen molar-refractivity contribution >= 4 is 11.9 Å². The molecule has 0 unspecified atom stereocenters. The van der Waals surface area contributed by atoms with Gasteiger partial charge in [-0.2, -0.15) is 0 Å². The van der Waals surface area contributed by atoms with E-state index in [0.29, 0.717) is 18.3 Å². The number of esters is 2. The Kier molecular flexibility index (Phi) is 8.33. The third kappa shape index (κ3) is 8.35. The lowest BCUT2D eigenvalue weighted by atomic mass is 10.1. The topological polar surface area (TPSA) is 61.8 Å². The largest absolute Gasteiger partial charge is 0.464 e. The lowest BCUT2D eigenvalue weighted by Crippen LogP contribution is -2.20. The van der Waals surface area contributed by atoms with Crippen LogP contribution in [0.3, 0.4) is 0 Å². The van der Waals surface area contributed by atoms with E-state index in [-0.39, 0.29) is 13.2 Å². The lowest BCUT2D eigenvalue weighted by Gasteiger charge is -2.09. The summed E-state index contributed by atoms with van der Waals surface area (Å²) < 4.78 is 15.3. The third-order valence-corrected chi connectivity index (χ3v) is 3.20. The molecule has 0 aliphatic heterocycles. The van der Waals surface area contributed by atoms with Crippen molar-refractivity contribution in [2.45, 2.75) is 40.5 Å². The molecular weight excluding hydrogens is 296 g/mol. The summed E-state index contributed by atoms with van der Waals surface area (Å²) in [6.45, 7) is 7.87. The Balaban J connectivity index is 2.21. The summed E-state index contributed by atoms with van der Waals surface area (Å²) in [5.74, 6) is 0.0965. The standard InChI is InChI=1S/C18H26O5/c1-13(2)6-5-9-22-17(19)11-21-12-18(20)23-16-10-14(3)7-8-15(16)4/h7-8,10,13H,5-6,9,11-12H2,1-4H3. The maximum Gasteiger partial charge on any atom is 0.337 e.